The Labute approximate surface area is 268 Å². The van der Waals surface area contributed by atoms with Crippen LogP contribution >= 0.6 is 0 Å². The van der Waals surface area contributed by atoms with Crippen molar-refractivity contribution in [3.05, 3.63) is 0 Å². The summed E-state index contributed by atoms with van der Waals surface area (Å²) in [6.45, 7) is 10.1. The van der Waals surface area contributed by atoms with Gasteiger partial charge in [0.05, 0.1) is 0 Å². The number of unbranched alkanes of at least 4 members (excludes halogenated alkanes) is 27. The van der Waals surface area contributed by atoms with Crippen molar-refractivity contribution in [2.24, 2.45) is 0 Å². The zero-order valence-corrected chi connectivity index (χ0v) is 29.9. The lowest BCUT2D eigenvalue weighted by Gasteiger charge is -2.32. The Morgan fingerprint density at radius 2 is 0.595 bits per heavy atom. The van der Waals surface area contributed by atoms with Crippen molar-refractivity contribution in [2.45, 2.75) is 239 Å². The highest BCUT2D eigenvalue weighted by Gasteiger charge is 2.17. The minimum atomic E-state index is 0.370. The van der Waals surface area contributed by atoms with Gasteiger partial charge < -0.3 is 10.0 Å². The van der Waals surface area contributed by atoms with Crippen molar-refractivity contribution in [1.29, 1.82) is 0 Å². The lowest BCUT2D eigenvalue weighted by molar-refractivity contribution is 0.163. The Balaban J connectivity index is 4.73. The number of hydrogen-bond acceptors (Lipinski definition) is 2. The first-order valence-corrected chi connectivity index (χ1v) is 20.1. The van der Waals surface area contributed by atoms with Gasteiger partial charge in [-0.2, -0.15) is 0 Å². The van der Waals surface area contributed by atoms with Gasteiger partial charge in [0.25, 0.3) is 0 Å². The predicted molar refractivity (Wildman–Crippen MR) is 192 cm³/mol. The van der Waals surface area contributed by atoms with Gasteiger partial charge in [-0.15, -0.1) is 0 Å². The van der Waals surface area contributed by atoms with Crippen LogP contribution in [0.25, 0.3) is 0 Å². The van der Waals surface area contributed by atoms with E-state index in [0.717, 1.165) is 12.5 Å². The number of hydrogen-bond donors (Lipinski definition) is 1. The smallest absolute Gasteiger partial charge is 0.0431 e. The molecule has 1 unspecified atom stereocenters. The zero-order valence-electron chi connectivity index (χ0n) is 29.9. The molecule has 0 spiro atoms. The first-order valence-electron chi connectivity index (χ1n) is 20.1. The molecule has 0 saturated carbocycles. The minimum Gasteiger partial charge on any atom is -0.396 e. The van der Waals surface area contributed by atoms with Crippen molar-refractivity contribution in [3.8, 4) is 0 Å². The number of aliphatic hydroxyl groups is 1. The van der Waals surface area contributed by atoms with Gasteiger partial charge in [0.1, 0.15) is 0 Å². The third-order valence-corrected chi connectivity index (χ3v) is 9.70. The Morgan fingerprint density at radius 3 is 0.905 bits per heavy atom. The summed E-state index contributed by atoms with van der Waals surface area (Å²) in [5, 5.41) is 9.00. The molecule has 0 saturated heterocycles. The molecule has 0 aromatic rings. The van der Waals surface area contributed by atoms with Gasteiger partial charge in [-0.05, 0) is 45.2 Å². The SMILES string of the molecule is CCCCCCCCCCN(CCCCCCCCCC)C(CCCCCCCCC)CCCCCCCCCCO. The Hall–Kier alpha value is -0.0800. The fraction of sp³-hybridized carbons (Fsp3) is 1.00. The number of nitrogens with zero attached hydrogens (tertiary/aromatic N) is 1. The van der Waals surface area contributed by atoms with Crippen molar-refractivity contribution in [2.75, 3.05) is 19.7 Å². The number of rotatable bonds is 37. The molecule has 1 N–H and O–H groups in total. The highest BCUT2D eigenvalue weighted by molar-refractivity contribution is 4.73. The average Bonchev–Trinajstić information content (AvgIpc) is 3.00. The molecular formula is C40H83NO. The van der Waals surface area contributed by atoms with E-state index >= 15 is 0 Å². The molecule has 42 heavy (non-hydrogen) atoms. The highest BCUT2D eigenvalue weighted by Crippen LogP contribution is 2.22. The summed E-state index contributed by atoms with van der Waals surface area (Å²) < 4.78 is 0. The molecule has 0 aromatic carbocycles. The van der Waals surface area contributed by atoms with E-state index in [2.05, 4.69) is 25.7 Å². The molecule has 0 aliphatic heterocycles. The van der Waals surface area contributed by atoms with Crippen LogP contribution < -0.4 is 0 Å². The van der Waals surface area contributed by atoms with Crippen molar-refractivity contribution in [3.63, 3.8) is 0 Å². The van der Waals surface area contributed by atoms with E-state index in [1.807, 2.05) is 0 Å². The van der Waals surface area contributed by atoms with Gasteiger partial charge in [0.2, 0.25) is 0 Å². The third kappa shape index (κ3) is 31.3. The quantitative estimate of drug-likeness (QED) is 0.0724. The summed E-state index contributed by atoms with van der Waals surface area (Å²) in [4.78, 5) is 3.00. The summed E-state index contributed by atoms with van der Waals surface area (Å²) in [5.41, 5.74) is 0. The van der Waals surface area contributed by atoms with Crippen molar-refractivity contribution >= 4 is 0 Å². The maximum absolute atomic E-state index is 9.00. The van der Waals surface area contributed by atoms with Gasteiger partial charge in [-0.3, -0.25) is 0 Å². The molecule has 0 aromatic heterocycles. The number of aliphatic hydroxyl groups excluding tert-OH is 1. The van der Waals surface area contributed by atoms with E-state index in [0.29, 0.717) is 6.61 Å². The molecule has 254 valence electrons. The first-order chi connectivity index (χ1) is 20.8. The van der Waals surface area contributed by atoms with Crippen LogP contribution in [0, 0.1) is 0 Å². The molecule has 0 radical (unpaired) electrons. The Morgan fingerprint density at radius 1 is 0.333 bits per heavy atom. The van der Waals surface area contributed by atoms with E-state index in [9.17, 15) is 0 Å². The summed E-state index contributed by atoms with van der Waals surface area (Å²) in [7, 11) is 0. The second-order valence-corrected chi connectivity index (χ2v) is 13.9. The second-order valence-electron chi connectivity index (χ2n) is 13.9. The Kier molecular flexibility index (Phi) is 37.0. The van der Waals surface area contributed by atoms with Crippen LogP contribution in [0.3, 0.4) is 0 Å². The largest absolute Gasteiger partial charge is 0.396 e. The summed E-state index contributed by atoms with van der Waals surface area (Å²) in [6.07, 6.45) is 46.4. The fourth-order valence-corrected chi connectivity index (χ4v) is 6.77. The molecule has 2 heteroatoms. The molecular weight excluding hydrogens is 510 g/mol. The first kappa shape index (κ1) is 41.9. The van der Waals surface area contributed by atoms with Gasteiger partial charge in [-0.1, -0.05) is 201 Å². The lowest BCUT2D eigenvalue weighted by atomic mass is 9.97. The fourth-order valence-electron chi connectivity index (χ4n) is 6.77. The van der Waals surface area contributed by atoms with Crippen LogP contribution in [0.1, 0.15) is 233 Å². The van der Waals surface area contributed by atoms with Gasteiger partial charge in [-0.25, -0.2) is 0 Å². The molecule has 0 heterocycles. The van der Waals surface area contributed by atoms with Crippen LogP contribution in [-0.4, -0.2) is 35.7 Å². The Bertz CT molecular complexity index is 447. The molecule has 0 amide bonds. The summed E-state index contributed by atoms with van der Waals surface area (Å²) in [5.74, 6) is 0. The van der Waals surface area contributed by atoms with Crippen molar-refractivity contribution in [1.82, 2.24) is 4.90 Å². The second kappa shape index (κ2) is 37.1. The lowest BCUT2D eigenvalue weighted by Crippen LogP contribution is -2.37. The van der Waals surface area contributed by atoms with Gasteiger partial charge >= 0.3 is 0 Å². The monoisotopic (exact) mass is 594 g/mol. The maximum atomic E-state index is 9.00. The summed E-state index contributed by atoms with van der Waals surface area (Å²) >= 11 is 0. The van der Waals surface area contributed by atoms with Crippen LogP contribution in [0.2, 0.25) is 0 Å². The van der Waals surface area contributed by atoms with Crippen LogP contribution in [0.15, 0.2) is 0 Å². The van der Waals surface area contributed by atoms with E-state index in [4.69, 9.17) is 5.11 Å². The van der Waals surface area contributed by atoms with Crippen LogP contribution in [0.5, 0.6) is 0 Å². The standard InChI is InChI=1S/C40H83NO/c1-4-7-10-13-16-22-27-32-37-41(38-33-28-23-17-14-11-8-5-2)40(35-30-25-20-15-12-9-6-3)36-31-26-21-18-19-24-29-34-39-42/h40,42H,4-39H2,1-3H3. The molecule has 0 bridgehead atoms. The van der Waals surface area contributed by atoms with Crippen LogP contribution in [0.4, 0.5) is 0 Å². The van der Waals surface area contributed by atoms with E-state index in [1.165, 1.54) is 219 Å². The molecule has 0 aliphatic carbocycles. The highest BCUT2D eigenvalue weighted by atomic mass is 16.2. The molecule has 0 aliphatic rings. The normalized spacial score (nSPS) is 12.5. The maximum Gasteiger partial charge on any atom is 0.0431 e. The third-order valence-electron chi connectivity index (χ3n) is 9.70. The van der Waals surface area contributed by atoms with Crippen LogP contribution in [-0.2, 0) is 0 Å². The average molecular weight is 594 g/mol. The van der Waals surface area contributed by atoms with Gasteiger partial charge in [0, 0.05) is 12.6 Å². The molecule has 0 rings (SSSR count). The zero-order chi connectivity index (χ0) is 30.6. The van der Waals surface area contributed by atoms with E-state index in [-0.39, 0.29) is 0 Å². The molecule has 2 nitrogen and oxygen atoms in total. The molecule has 0 fully saturated rings. The van der Waals surface area contributed by atoms with Crippen molar-refractivity contribution < 1.29 is 5.11 Å². The summed E-state index contributed by atoms with van der Waals surface area (Å²) in [6, 6.07) is 0.833. The van der Waals surface area contributed by atoms with Gasteiger partial charge in [0.15, 0.2) is 0 Å². The minimum absolute atomic E-state index is 0.370. The van der Waals surface area contributed by atoms with E-state index in [1.54, 1.807) is 0 Å². The predicted octanol–water partition coefficient (Wildman–Crippen LogP) is 13.6. The molecule has 1 atom stereocenters. The van der Waals surface area contributed by atoms with E-state index < -0.39 is 0 Å². The topological polar surface area (TPSA) is 23.5 Å².